The van der Waals surface area contributed by atoms with Crippen LogP contribution in [0.1, 0.15) is 38.5 Å². The second-order valence-electron chi connectivity index (χ2n) is 6.28. The highest BCUT2D eigenvalue weighted by atomic mass is 35.5. The minimum Gasteiger partial charge on any atom is -0.341 e. The maximum Gasteiger partial charge on any atom is 0.237 e. The molecule has 3 aliphatic rings. The average Bonchev–Trinajstić information content (AvgIpc) is 3.17. The van der Waals surface area contributed by atoms with Crippen molar-refractivity contribution in [1.82, 2.24) is 9.80 Å². The molecule has 118 valence electrons. The molecule has 0 aromatic heterocycles. The van der Waals surface area contributed by atoms with Crippen molar-refractivity contribution >= 4 is 35.2 Å². The summed E-state index contributed by atoms with van der Waals surface area (Å²) < 4.78 is 0. The molecule has 6 heteroatoms. The number of nitrogens with zero attached hydrogens (tertiary/aromatic N) is 2. The second kappa shape index (κ2) is 6.37. The third kappa shape index (κ3) is 2.91. The van der Waals surface area contributed by atoms with Crippen LogP contribution in [0.25, 0.3) is 0 Å². The van der Waals surface area contributed by atoms with Crippen molar-refractivity contribution in [1.29, 1.82) is 0 Å². The number of carbonyl (C=O) groups is 2. The summed E-state index contributed by atoms with van der Waals surface area (Å²) in [5.41, 5.74) is 0. The van der Waals surface area contributed by atoms with Gasteiger partial charge in [0.15, 0.2) is 0 Å². The first-order valence-electron chi connectivity index (χ1n) is 7.95. The highest BCUT2D eigenvalue weighted by molar-refractivity contribution is 8.00. The predicted octanol–water partition coefficient (Wildman–Crippen LogP) is 2.31. The van der Waals surface area contributed by atoms with Crippen LogP contribution in [0.2, 0.25) is 0 Å². The number of carbonyl (C=O) groups excluding carboxylic acids is 2. The number of likely N-dealkylation sites (tertiary alicyclic amines) is 1. The number of alkyl halides is 1. The molecule has 2 heterocycles. The maximum absolute atomic E-state index is 12.8. The number of hydrogen-bond acceptors (Lipinski definition) is 3. The summed E-state index contributed by atoms with van der Waals surface area (Å²) in [4.78, 5) is 28.4. The topological polar surface area (TPSA) is 40.6 Å². The molecule has 0 atom stereocenters. The lowest BCUT2D eigenvalue weighted by atomic mass is 9.99. The molecular formula is C15H23ClN2O2S. The Hall–Kier alpha value is -0.420. The van der Waals surface area contributed by atoms with E-state index in [1.54, 1.807) is 0 Å². The number of piperidine rings is 1. The highest BCUT2D eigenvalue weighted by Gasteiger charge is 2.48. The van der Waals surface area contributed by atoms with Crippen molar-refractivity contribution in [3.8, 4) is 0 Å². The van der Waals surface area contributed by atoms with Gasteiger partial charge >= 0.3 is 0 Å². The lowest BCUT2D eigenvalue weighted by Gasteiger charge is -2.44. The van der Waals surface area contributed by atoms with E-state index in [9.17, 15) is 9.59 Å². The van der Waals surface area contributed by atoms with Crippen LogP contribution in [0.15, 0.2) is 0 Å². The van der Waals surface area contributed by atoms with E-state index in [0.717, 1.165) is 51.1 Å². The highest BCUT2D eigenvalue weighted by Crippen LogP contribution is 2.45. The molecule has 0 N–H and O–H groups in total. The fraction of sp³-hybridized carbons (Fsp3) is 0.867. The number of thioether (sulfide) groups is 1. The van der Waals surface area contributed by atoms with E-state index in [2.05, 4.69) is 4.90 Å². The predicted molar refractivity (Wildman–Crippen MR) is 85.4 cm³/mol. The van der Waals surface area contributed by atoms with Crippen molar-refractivity contribution < 1.29 is 9.59 Å². The zero-order chi connectivity index (χ0) is 14.9. The van der Waals surface area contributed by atoms with Gasteiger partial charge in [-0.05, 0) is 25.7 Å². The van der Waals surface area contributed by atoms with Crippen LogP contribution in [0.4, 0.5) is 0 Å². The van der Waals surface area contributed by atoms with Crippen LogP contribution >= 0.6 is 23.4 Å². The minimum atomic E-state index is -0.0528. The summed E-state index contributed by atoms with van der Waals surface area (Å²) in [5.74, 6) is 1.73. The van der Waals surface area contributed by atoms with Crippen molar-refractivity contribution in [2.75, 3.05) is 31.3 Å². The van der Waals surface area contributed by atoms with Crippen molar-refractivity contribution in [2.45, 2.75) is 43.4 Å². The third-order valence-electron chi connectivity index (χ3n) is 5.16. The van der Waals surface area contributed by atoms with E-state index in [1.165, 1.54) is 12.8 Å². The van der Waals surface area contributed by atoms with Crippen molar-refractivity contribution in [3.05, 3.63) is 0 Å². The monoisotopic (exact) mass is 330 g/mol. The van der Waals surface area contributed by atoms with Crippen LogP contribution in [-0.4, -0.2) is 57.8 Å². The molecule has 0 unspecified atom stereocenters. The van der Waals surface area contributed by atoms with Gasteiger partial charge in [0, 0.05) is 31.3 Å². The Labute approximate surface area is 135 Å². The van der Waals surface area contributed by atoms with E-state index in [0.29, 0.717) is 5.91 Å². The normalized spacial score (nSPS) is 25.8. The molecule has 1 saturated carbocycles. The van der Waals surface area contributed by atoms with Crippen LogP contribution in [0.5, 0.6) is 0 Å². The van der Waals surface area contributed by atoms with Gasteiger partial charge in [-0.25, -0.2) is 0 Å². The fourth-order valence-electron chi connectivity index (χ4n) is 3.92. The van der Waals surface area contributed by atoms with Crippen LogP contribution in [0.3, 0.4) is 0 Å². The molecule has 0 radical (unpaired) electrons. The summed E-state index contributed by atoms with van der Waals surface area (Å²) in [5, 5.41) is 0. The van der Waals surface area contributed by atoms with E-state index < -0.39 is 0 Å². The Morgan fingerprint density at radius 1 is 1.14 bits per heavy atom. The van der Waals surface area contributed by atoms with Gasteiger partial charge in [-0.2, -0.15) is 0 Å². The third-order valence-corrected chi connectivity index (χ3v) is 6.94. The van der Waals surface area contributed by atoms with Gasteiger partial charge in [-0.3, -0.25) is 9.59 Å². The first kappa shape index (κ1) is 15.5. The van der Waals surface area contributed by atoms with Gasteiger partial charge in [0.2, 0.25) is 11.8 Å². The SMILES string of the molecule is O=C(CCl)N1CCC2(CC1)SCCN2C(=O)C1CCCC1. The molecule has 4 nitrogen and oxygen atoms in total. The van der Waals surface area contributed by atoms with Crippen LogP contribution in [-0.2, 0) is 9.59 Å². The van der Waals surface area contributed by atoms with Gasteiger partial charge in [-0.1, -0.05) is 12.8 Å². The zero-order valence-corrected chi connectivity index (χ0v) is 13.9. The largest absolute Gasteiger partial charge is 0.341 e. The molecule has 3 rings (SSSR count). The molecular weight excluding hydrogens is 308 g/mol. The van der Waals surface area contributed by atoms with E-state index in [-0.39, 0.29) is 22.6 Å². The smallest absolute Gasteiger partial charge is 0.237 e. The van der Waals surface area contributed by atoms with Gasteiger partial charge in [-0.15, -0.1) is 23.4 Å². The van der Waals surface area contributed by atoms with E-state index in [1.807, 2.05) is 16.7 Å². The van der Waals surface area contributed by atoms with Gasteiger partial charge < -0.3 is 9.80 Å². The number of rotatable bonds is 2. The summed E-state index contributed by atoms with van der Waals surface area (Å²) >= 11 is 7.56. The van der Waals surface area contributed by atoms with E-state index in [4.69, 9.17) is 11.6 Å². The minimum absolute atomic E-state index is 0.0168. The van der Waals surface area contributed by atoms with Gasteiger partial charge in [0.25, 0.3) is 0 Å². The zero-order valence-electron chi connectivity index (χ0n) is 12.4. The molecule has 2 saturated heterocycles. The molecule has 1 aliphatic carbocycles. The van der Waals surface area contributed by atoms with Crippen LogP contribution < -0.4 is 0 Å². The van der Waals surface area contributed by atoms with E-state index >= 15 is 0 Å². The molecule has 1 spiro atoms. The van der Waals surface area contributed by atoms with Crippen molar-refractivity contribution in [3.63, 3.8) is 0 Å². The molecule has 2 amide bonds. The maximum atomic E-state index is 12.8. The first-order valence-corrected chi connectivity index (χ1v) is 9.47. The Balaban J connectivity index is 1.66. The van der Waals surface area contributed by atoms with Crippen molar-refractivity contribution in [2.24, 2.45) is 5.92 Å². The molecule has 0 aromatic carbocycles. The summed E-state index contributed by atoms with van der Waals surface area (Å²) in [6, 6.07) is 0. The molecule has 0 bridgehead atoms. The summed E-state index contributed by atoms with van der Waals surface area (Å²) in [6.45, 7) is 2.34. The molecule has 0 aromatic rings. The number of hydrogen-bond donors (Lipinski definition) is 0. The number of amides is 2. The Kier molecular flexibility index (Phi) is 4.69. The Morgan fingerprint density at radius 2 is 1.81 bits per heavy atom. The second-order valence-corrected chi connectivity index (χ2v) is 8.00. The molecule has 21 heavy (non-hydrogen) atoms. The standard InChI is InChI=1S/C15H23ClN2O2S/c16-11-13(19)17-7-5-15(6-8-17)18(9-10-21-15)14(20)12-3-1-2-4-12/h12H,1-11H2. The molecule has 2 aliphatic heterocycles. The molecule has 3 fully saturated rings. The average molecular weight is 331 g/mol. The lowest BCUT2D eigenvalue weighted by Crippen LogP contribution is -2.54. The van der Waals surface area contributed by atoms with Crippen LogP contribution in [0, 0.1) is 5.92 Å². The number of halogens is 1. The Bertz CT molecular complexity index is 418. The summed E-state index contributed by atoms with van der Waals surface area (Å²) in [7, 11) is 0. The summed E-state index contributed by atoms with van der Waals surface area (Å²) in [6.07, 6.45) is 6.29. The van der Waals surface area contributed by atoms with Gasteiger partial charge in [0.1, 0.15) is 5.88 Å². The Morgan fingerprint density at radius 3 is 2.43 bits per heavy atom. The quantitative estimate of drug-likeness (QED) is 0.729. The first-order chi connectivity index (χ1) is 10.2. The van der Waals surface area contributed by atoms with Gasteiger partial charge in [0.05, 0.1) is 4.87 Å². The lowest BCUT2D eigenvalue weighted by molar-refractivity contribution is -0.140. The fourth-order valence-corrected chi connectivity index (χ4v) is 5.55.